The van der Waals surface area contributed by atoms with Gasteiger partial charge in [-0.15, -0.1) is 0 Å². The molecule has 0 heterocycles. The maximum atomic E-state index is 10.8. The molecule has 0 bridgehead atoms. The van der Waals surface area contributed by atoms with Crippen molar-refractivity contribution in [3.63, 3.8) is 0 Å². The number of ether oxygens (including phenoxy) is 1. The summed E-state index contributed by atoms with van der Waals surface area (Å²) in [5.41, 5.74) is 0.302. The van der Waals surface area contributed by atoms with Gasteiger partial charge in [-0.05, 0) is 48.9 Å². The maximum absolute atomic E-state index is 10.8. The number of aromatic carboxylic acids is 1. The van der Waals surface area contributed by atoms with E-state index in [4.69, 9.17) is 9.84 Å². The number of benzene rings is 1. The Morgan fingerprint density at radius 3 is 2.23 bits per heavy atom. The van der Waals surface area contributed by atoms with E-state index < -0.39 is 5.97 Å². The van der Waals surface area contributed by atoms with Crippen LogP contribution in [0.5, 0.6) is 5.75 Å². The summed E-state index contributed by atoms with van der Waals surface area (Å²) in [6.07, 6.45) is 10.7. The summed E-state index contributed by atoms with van der Waals surface area (Å²) >= 11 is 0. The van der Waals surface area contributed by atoms with Crippen LogP contribution in [-0.4, -0.2) is 17.7 Å². The highest BCUT2D eigenvalue weighted by molar-refractivity contribution is 5.87. The second-order valence-electron chi connectivity index (χ2n) is 6.50. The third-order valence-electron chi connectivity index (χ3n) is 4.79. The zero-order valence-corrected chi connectivity index (χ0v) is 13.6. The SMILES string of the molecule is CCC[C@H]1CC[C@H](CCCOc2ccc(C(=O)O)cc2)CC1. The molecular weight excluding hydrogens is 276 g/mol. The molecule has 2 rings (SSSR count). The van der Waals surface area contributed by atoms with Crippen molar-refractivity contribution >= 4 is 5.97 Å². The first-order valence-electron chi connectivity index (χ1n) is 8.65. The Morgan fingerprint density at radius 1 is 1.09 bits per heavy atom. The molecule has 3 heteroatoms. The molecule has 1 aliphatic carbocycles. The summed E-state index contributed by atoms with van der Waals surface area (Å²) in [6, 6.07) is 6.65. The Labute approximate surface area is 133 Å². The van der Waals surface area contributed by atoms with Crippen LogP contribution in [0.15, 0.2) is 24.3 Å². The van der Waals surface area contributed by atoms with Crippen LogP contribution in [0.4, 0.5) is 0 Å². The van der Waals surface area contributed by atoms with Gasteiger partial charge in [-0.25, -0.2) is 4.79 Å². The molecule has 22 heavy (non-hydrogen) atoms. The fourth-order valence-electron chi connectivity index (χ4n) is 3.47. The van der Waals surface area contributed by atoms with Gasteiger partial charge in [-0.1, -0.05) is 45.4 Å². The zero-order valence-electron chi connectivity index (χ0n) is 13.6. The average molecular weight is 304 g/mol. The smallest absolute Gasteiger partial charge is 0.335 e. The largest absolute Gasteiger partial charge is 0.494 e. The Kier molecular flexibility index (Phi) is 6.75. The first-order chi connectivity index (χ1) is 10.7. The molecular formula is C19H28O3. The topological polar surface area (TPSA) is 46.5 Å². The van der Waals surface area contributed by atoms with Crippen LogP contribution in [0.3, 0.4) is 0 Å². The molecule has 1 aliphatic rings. The van der Waals surface area contributed by atoms with Crippen LogP contribution in [0.25, 0.3) is 0 Å². The van der Waals surface area contributed by atoms with Crippen molar-refractivity contribution in [2.45, 2.75) is 58.3 Å². The molecule has 0 spiro atoms. The lowest BCUT2D eigenvalue weighted by atomic mass is 9.78. The van der Waals surface area contributed by atoms with Crippen LogP contribution >= 0.6 is 0 Å². The van der Waals surface area contributed by atoms with E-state index >= 15 is 0 Å². The van der Waals surface area contributed by atoms with Crippen LogP contribution in [0.2, 0.25) is 0 Å². The molecule has 0 radical (unpaired) electrons. The van der Waals surface area contributed by atoms with Gasteiger partial charge in [0.2, 0.25) is 0 Å². The van der Waals surface area contributed by atoms with E-state index in [2.05, 4.69) is 6.92 Å². The molecule has 0 amide bonds. The molecule has 122 valence electrons. The van der Waals surface area contributed by atoms with Crippen LogP contribution in [-0.2, 0) is 0 Å². The number of carboxylic acid groups (broad SMARTS) is 1. The molecule has 0 unspecified atom stereocenters. The Hall–Kier alpha value is -1.51. The average Bonchev–Trinajstić information content (AvgIpc) is 2.54. The fourth-order valence-corrected chi connectivity index (χ4v) is 3.47. The number of rotatable bonds is 8. The predicted octanol–water partition coefficient (Wildman–Crippen LogP) is 5.15. The predicted molar refractivity (Wildman–Crippen MR) is 88.5 cm³/mol. The molecule has 0 atom stereocenters. The number of hydrogen-bond donors (Lipinski definition) is 1. The van der Waals surface area contributed by atoms with Crippen LogP contribution < -0.4 is 4.74 Å². The standard InChI is InChI=1S/C19H28O3/c1-2-4-15-6-8-16(9-7-15)5-3-14-22-18-12-10-17(11-13-18)19(20)21/h10-13,15-16H,2-9,14H2,1H3,(H,20,21)/t15-,16-. The first-order valence-corrected chi connectivity index (χ1v) is 8.65. The summed E-state index contributed by atoms with van der Waals surface area (Å²) in [7, 11) is 0. The van der Waals surface area contributed by atoms with Crippen molar-refractivity contribution in [3.05, 3.63) is 29.8 Å². The normalized spacial score (nSPS) is 21.5. The van der Waals surface area contributed by atoms with Gasteiger partial charge in [0.25, 0.3) is 0 Å². The van der Waals surface area contributed by atoms with Gasteiger partial charge >= 0.3 is 5.97 Å². The molecule has 1 aromatic rings. The maximum Gasteiger partial charge on any atom is 0.335 e. The van der Waals surface area contributed by atoms with E-state index in [1.54, 1.807) is 24.3 Å². The van der Waals surface area contributed by atoms with Gasteiger partial charge in [0.1, 0.15) is 5.75 Å². The lowest BCUT2D eigenvalue weighted by Crippen LogP contribution is -2.15. The van der Waals surface area contributed by atoms with Crippen molar-refractivity contribution in [1.29, 1.82) is 0 Å². The van der Waals surface area contributed by atoms with Crippen molar-refractivity contribution in [1.82, 2.24) is 0 Å². The van der Waals surface area contributed by atoms with Crippen molar-refractivity contribution < 1.29 is 14.6 Å². The lowest BCUT2D eigenvalue weighted by molar-refractivity contribution is 0.0697. The van der Waals surface area contributed by atoms with Gasteiger partial charge in [-0.3, -0.25) is 0 Å². The first kappa shape index (κ1) is 16.9. The van der Waals surface area contributed by atoms with E-state index in [9.17, 15) is 4.79 Å². The minimum Gasteiger partial charge on any atom is -0.494 e. The van der Waals surface area contributed by atoms with Gasteiger partial charge in [-0.2, -0.15) is 0 Å². The summed E-state index contributed by atoms with van der Waals surface area (Å²) in [5.74, 6) is 1.72. The van der Waals surface area contributed by atoms with E-state index in [1.807, 2.05) is 0 Å². The van der Waals surface area contributed by atoms with E-state index in [0.717, 1.165) is 30.6 Å². The van der Waals surface area contributed by atoms with Gasteiger partial charge < -0.3 is 9.84 Å². The second-order valence-corrected chi connectivity index (χ2v) is 6.50. The number of carboxylic acids is 1. The fraction of sp³-hybridized carbons (Fsp3) is 0.632. The minimum absolute atomic E-state index is 0.302. The molecule has 0 aliphatic heterocycles. The summed E-state index contributed by atoms with van der Waals surface area (Å²) < 4.78 is 5.70. The third-order valence-corrected chi connectivity index (χ3v) is 4.79. The molecule has 1 N–H and O–H groups in total. The van der Waals surface area contributed by atoms with Crippen molar-refractivity contribution in [2.24, 2.45) is 11.8 Å². The highest BCUT2D eigenvalue weighted by Gasteiger charge is 2.20. The second kappa shape index (κ2) is 8.82. The monoisotopic (exact) mass is 304 g/mol. The number of carbonyl (C=O) groups is 1. The molecule has 1 saturated carbocycles. The highest BCUT2D eigenvalue weighted by atomic mass is 16.5. The van der Waals surface area contributed by atoms with Crippen LogP contribution in [0.1, 0.15) is 68.6 Å². The third kappa shape index (κ3) is 5.36. The van der Waals surface area contributed by atoms with Crippen molar-refractivity contribution in [2.75, 3.05) is 6.61 Å². The summed E-state index contributed by atoms with van der Waals surface area (Å²) in [4.78, 5) is 10.8. The van der Waals surface area contributed by atoms with Crippen LogP contribution in [0, 0.1) is 11.8 Å². The van der Waals surface area contributed by atoms with E-state index in [0.29, 0.717) is 5.56 Å². The summed E-state index contributed by atoms with van der Waals surface area (Å²) in [6.45, 7) is 3.01. The number of hydrogen-bond acceptors (Lipinski definition) is 2. The molecule has 1 fully saturated rings. The molecule has 3 nitrogen and oxygen atoms in total. The van der Waals surface area contributed by atoms with Crippen molar-refractivity contribution in [3.8, 4) is 5.75 Å². The molecule has 0 saturated heterocycles. The van der Waals surface area contributed by atoms with E-state index in [-0.39, 0.29) is 0 Å². The quantitative estimate of drug-likeness (QED) is 0.675. The van der Waals surface area contributed by atoms with Gasteiger partial charge in [0.15, 0.2) is 0 Å². The Balaban J connectivity index is 1.60. The minimum atomic E-state index is -0.898. The Bertz CT molecular complexity index is 444. The molecule has 0 aromatic heterocycles. The summed E-state index contributed by atoms with van der Waals surface area (Å²) in [5, 5.41) is 8.85. The zero-order chi connectivity index (χ0) is 15.8. The van der Waals surface area contributed by atoms with Gasteiger partial charge in [0, 0.05) is 0 Å². The van der Waals surface area contributed by atoms with Gasteiger partial charge in [0.05, 0.1) is 12.2 Å². The highest BCUT2D eigenvalue weighted by Crippen LogP contribution is 2.33. The Morgan fingerprint density at radius 2 is 1.68 bits per heavy atom. The molecule has 1 aromatic carbocycles. The lowest BCUT2D eigenvalue weighted by Gasteiger charge is -2.28. The van der Waals surface area contributed by atoms with E-state index in [1.165, 1.54) is 44.9 Å².